The quantitative estimate of drug-likeness (QED) is 0.464. The van der Waals surface area contributed by atoms with E-state index in [2.05, 4.69) is 26.6 Å². The van der Waals surface area contributed by atoms with Gasteiger partial charge in [0.15, 0.2) is 5.96 Å². The molecule has 0 aromatic heterocycles. The lowest BCUT2D eigenvalue weighted by atomic mass is 9.95. The Balaban J connectivity index is 1.27. The zero-order valence-corrected chi connectivity index (χ0v) is 18.8. The molecule has 0 spiro atoms. The number of para-hydroxylation sites is 1. The minimum Gasteiger partial charge on any atom is -0.492 e. The largest absolute Gasteiger partial charge is 0.492 e. The topological polar surface area (TPSA) is 58.1 Å². The summed E-state index contributed by atoms with van der Waals surface area (Å²) in [5, 5.41) is 6.76. The summed E-state index contributed by atoms with van der Waals surface area (Å²) in [5.74, 6) is 1.46. The van der Waals surface area contributed by atoms with E-state index in [1.807, 2.05) is 30.3 Å². The van der Waals surface area contributed by atoms with Gasteiger partial charge in [0.2, 0.25) is 0 Å². The summed E-state index contributed by atoms with van der Waals surface area (Å²) in [6.45, 7) is 6.31. The summed E-state index contributed by atoms with van der Waals surface area (Å²) in [4.78, 5) is 6.70. The lowest BCUT2D eigenvalue weighted by Crippen LogP contribution is -2.41. The number of hydrogen-bond donors (Lipinski definition) is 2. The Morgan fingerprint density at radius 3 is 2.59 bits per heavy atom. The van der Waals surface area contributed by atoms with Gasteiger partial charge in [0.05, 0.1) is 13.2 Å². The third-order valence-corrected chi connectivity index (χ3v) is 6.30. The van der Waals surface area contributed by atoms with Crippen molar-refractivity contribution >= 4 is 5.96 Å². The van der Waals surface area contributed by atoms with Crippen LogP contribution < -0.4 is 15.4 Å². The average Bonchev–Trinajstić information content (AvgIpc) is 3.62. The Morgan fingerprint density at radius 1 is 1.09 bits per heavy atom. The van der Waals surface area contributed by atoms with Crippen LogP contribution in [0.4, 0.5) is 4.39 Å². The molecule has 2 fully saturated rings. The van der Waals surface area contributed by atoms with Crippen LogP contribution in [0, 0.1) is 5.82 Å². The highest BCUT2D eigenvalue weighted by atomic mass is 19.1. The molecule has 2 aromatic rings. The standard InChI is InChI=1S/C25H33FN4O2/c1-27-24(29-19-25(10-11-25)21-7-3-4-8-22(21)26)28-18-20-6-2-5-9-23(20)32-17-14-30-12-15-31-16-13-30/h2-9H,10-19H2,1H3,(H2,27,28,29). The maximum Gasteiger partial charge on any atom is 0.191 e. The van der Waals surface area contributed by atoms with Crippen LogP contribution in [0.1, 0.15) is 24.0 Å². The second kappa shape index (κ2) is 10.8. The van der Waals surface area contributed by atoms with Gasteiger partial charge in [-0.05, 0) is 30.5 Å². The monoisotopic (exact) mass is 440 g/mol. The summed E-state index contributed by atoms with van der Waals surface area (Å²) in [7, 11) is 1.75. The van der Waals surface area contributed by atoms with Crippen molar-refractivity contribution in [2.24, 2.45) is 4.99 Å². The van der Waals surface area contributed by atoms with Gasteiger partial charge in [-0.1, -0.05) is 36.4 Å². The van der Waals surface area contributed by atoms with Crippen LogP contribution in [0.5, 0.6) is 5.75 Å². The van der Waals surface area contributed by atoms with E-state index in [9.17, 15) is 4.39 Å². The van der Waals surface area contributed by atoms with Gasteiger partial charge < -0.3 is 20.1 Å². The minimum atomic E-state index is -0.135. The molecule has 32 heavy (non-hydrogen) atoms. The first-order chi connectivity index (χ1) is 15.7. The number of nitrogens with one attached hydrogen (secondary N) is 2. The smallest absolute Gasteiger partial charge is 0.191 e. The Bertz CT molecular complexity index is 910. The van der Waals surface area contributed by atoms with Gasteiger partial charge in [-0.3, -0.25) is 9.89 Å². The molecule has 1 saturated heterocycles. The zero-order chi connectivity index (χ0) is 22.2. The molecule has 7 heteroatoms. The number of rotatable bonds is 9. The number of benzene rings is 2. The van der Waals surface area contributed by atoms with Crippen LogP contribution in [-0.4, -0.2) is 63.9 Å². The van der Waals surface area contributed by atoms with Crippen LogP contribution in [0.3, 0.4) is 0 Å². The highest BCUT2D eigenvalue weighted by Crippen LogP contribution is 2.48. The molecule has 6 nitrogen and oxygen atoms in total. The van der Waals surface area contributed by atoms with Gasteiger partial charge in [-0.25, -0.2) is 4.39 Å². The van der Waals surface area contributed by atoms with Gasteiger partial charge in [-0.15, -0.1) is 0 Å². The van der Waals surface area contributed by atoms with Gasteiger partial charge >= 0.3 is 0 Å². The van der Waals surface area contributed by atoms with E-state index in [-0.39, 0.29) is 11.2 Å². The van der Waals surface area contributed by atoms with Crippen molar-refractivity contribution in [2.75, 3.05) is 53.0 Å². The number of guanidine groups is 1. The van der Waals surface area contributed by atoms with E-state index >= 15 is 0 Å². The summed E-state index contributed by atoms with van der Waals surface area (Å²) < 4.78 is 25.7. The van der Waals surface area contributed by atoms with Crippen molar-refractivity contribution < 1.29 is 13.9 Å². The average molecular weight is 441 g/mol. The SMILES string of the molecule is CN=C(NCc1ccccc1OCCN1CCOCC1)NCC1(c2ccccc2F)CC1. The van der Waals surface area contributed by atoms with E-state index in [0.29, 0.717) is 25.7 Å². The molecule has 4 rings (SSSR count). The van der Waals surface area contributed by atoms with Gasteiger partial charge in [0.25, 0.3) is 0 Å². The molecule has 0 amide bonds. The molecule has 2 aliphatic rings. The molecular formula is C25H33FN4O2. The predicted octanol–water partition coefficient (Wildman–Crippen LogP) is 2.93. The molecule has 0 radical (unpaired) electrons. The molecule has 0 unspecified atom stereocenters. The van der Waals surface area contributed by atoms with Gasteiger partial charge in [-0.2, -0.15) is 0 Å². The molecular weight excluding hydrogens is 407 g/mol. The second-order valence-corrected chi connectivity index (χ2v) is 8.45. The fourth-order valence-corrected chi connectivity index (χ4v) is 4.14. The Morgan fingerprint density at radius 2 is 1.84 bits per heavy atom. The maximum absolute atomic E-state index is 14.3. The van der Waals surface area contributed by atoms with Crippen molar-refractivity contribution in [1.82, 2.24) is 15.5 Å². The highest BCUT2D eigenvalue weighted by molar-refractivity contribution is 5.79. The van der Waals surface area contributed by atoms with E-state index in [1.165, 1.54) is 0 Å². The van der Waals surface area contributed by atoms with Crippen molar-refractivity contribution in [3.05, 3.63) is 65.5 Å². The first-order valence-corrected chi connectivity index (χ1v) is 11.4. The lowest BCUT2D eigenvalue weighted by molar-refractivity contribution is 0.0322. The molecule has 2 aromatic carbocycles. The molecule has 0 atom stereocenters. The van der Waals surface area contributed by atoms with E-state index < -0.39 is 0 Å². The third-order valence-electron chi connectivity index (χ3n) is 6.30. The molecule has 0 bridgehead atoms. The number of nitrogens with zero attached hydrogens (tertiary/aromatic N) is 2. The van der Waals surface area contributed by atoms with Crippen LogP contribution >= 0.6 is 0 Å². The van der Waals surface area contributed by atoms with E-state index in [1.54, 1.807) is 19.2 Å². The van der Waals surface area contributed by atoms with Gasteiger partial charge in [0, 0.05) is 50.7 Å². The van der Waals surface area contributed by atoms with Gasteiger partial charge in [0.1, 0.15) is 18.2 Å². The first kappa shape index (κ1) is 22.6. The summed E-state index contributed by atoms with van der Waals surface area (Å²) >= 11 is 0. The van der Waals surface area contributed by atoms with Crippen LogP contribution in [-0.2, 0) is 16.7 Å². The third kappa shape index (κ3) is 5.78. The predicted molar refractivity (Wildman–Crippen MR) is 125 cm³/mol. The summed E-state index contributed by atoms with van der Waals surface area (Å²) in [5.41, 5.74) is 1.73. The van der Waals surface area contributed by atoms with Crippen LogP contribution in [0.25, 0.3) is 0 Å². The maximum atomic E-state index is 14.3. The van der Waals surface area contributed by atoms with Crippen molar-refractivity contribution in [2.45, 2.75) is 24.8 Å². The number of aliphatic imine (C=N–C) groups is 1. The van der Waals surface area contributed by atoms with Crippen molar-refractivity contribution in [3.63, 3.8) is 0 Å². The molecule has 1 aliphatic heterocycles. The lowest BCUT2D eigenvalue weighted by Gasteiger charge is -2.26. The Kier molecular flexibility index (Phi) is 7.60. The van der Waals surface area contributed by atoms with E-state index in [0.717, 1.165) is 62.6 Å². The first-order valence-electron chi connectivity index (χ1n) is 11.4. The number of ether oxygens (including phenoxy) is 2. The van der Waals surface area contributed by atoms with Crippen molar-refractivity contribution in [3.8, 4) is 5.75 Å². The van der Waals surface area contributed by atoms with Crippen LogP contribution in [0.2, 0.25) is 0 Å². The normalized spacial score (nSPS) is 18.2. The molecule has 1 aliphatic carbocycles. The number of morpholine rings is 1. The van der Waals surface area contributed by atoms with Crippen LogP contribution in [0.15, 0.2) is 53.5 Å². The summed E-state index contributed by atoms with van der Waals surface area (Å²) in [6, 6.07) is 15.1. The zero-order valence-electron chi connectivity index (χ0n) is 18.8. The van der Waals surface area contributed by atoms with E-state index in [4.69, 9.17) is 9.47 Å². The van der Waals surface area contributed by atoms with Crippen molar-refractivity contribution in [1.29, 1.82) is 0 Å². The Labute approximate surface area is 189 Å². The number of hydrogen-bond acceptors (Lipinski definition) is 4. The molecule has 172 valence electrons. The number of halogens is 1. The fraction of sp³-hybridized carbons (Fsp3) is 0.480. The molecule has 1 saturated carbocycles. The Hall–Kier alpha value is -2.64. The minimum absolute atomic E-state index is 0.127. The second-order valence-electron chi connectivity index (χ2n) is 8.45. The molecule has 2 N–H and O–H groups in total. The fourth-order valence-electron chi connectivity index (χ4n) is 4.14. The highest BCUT2D eigenvalue weighted by Gasteiger charge is 2.45. The molecule has 1 heterocycles. The summed E-state index contributed by atoms with van der Waals surface area (Å²) in [6.07, 6.45) is 1.97.